The van der Waals surface area contributed by atoms with Crippen LogP contribution >= 0.6 is 23.4 Å². The first-order valence-corrected chi connectivity index (χ1v) is 8.97. The van der Waals surface area contributed by atoms with Crippen LogP contribution in [0.4, 0.5) is 5.69 Å². The Morgan fingerprint density at radius 2 is 1.96 bits per heavy atom. The van der Waals surface area contributed by atoms with E-state index in [2.05, 4.69) is 15.5 Å². The minimum absolute atomic E-state index is 0.143. The summed E-state index contributed by atoms with van der Waals surface area (Å²) in [6.45, 7) is 0. The zero-order valence-corrected chi connectivity index (χ0v) is 15.4. The molecule has 0 aliphatic carbocycles. The van der Waals surface area contributed by atoms with Gasteiger partial charge in [-0.1, -0.05) is 35.5 Å². The smallest absolute Gasteiger partial charge is 0.234 e. The van der Waals surface area contributed by atoms with Gasteiger partial charge in [0.25, 0.3) is 0 Å². The molecule has 0 saturated carbocycles. The van der Waals surface area contributed by atoms with E-state index in [4.69, 9.17) is 22.2 Å². The number of hydrogen-bond donors (Lipinski definition) is 2. The van der Waals surface area contributed by atoms with Gasteiger partial charge in [0, 0.05) is 10.7 Å². The fourth-order valence-corrected chi connectivity index (χ4v) is 3.03. The predicted molar refractivity (Wildman–Crippen MR) is 103 cm³/mol. The molecule has 9 heteroatoms. The van der Waals surface area contributed by atoms with Crippen molar-refractivity contribution in [3.05, 3.63) is 53.6 Å². The summed E-state index contributed by atoms with van der Waals surface area (Å²) < 4.78 is 6.67. The Kier molecular flexibility index (Phi) is 5.65. The highest BCUT2D eigenvalue weighted by molar-refractivity contribution is 7.99. The van der Waals surface area contributed by atoms with Gasteiger partial charge in [0.15, 0.2) is 5.82 Å². The van der Waals surface area contributed by atoms with Crippen LogP contribution in [0.15, 0.2) is 53.7 Å². The molecule has 134 valence electrons. The first kappa shape index (κ1) is 18.1. The first-order valence-electron chi connectivity index (χ1n) is 7.60. The molecule has 1 amide bonds. The van der Waals surface area contributed by atoms with Crippen LogP contribution < -0.4 is 15.9 Å². The summed E-state index contributed by atoms with van der Waals surface area (Å²) in [4.78, 5) is 12.1. The molecule has 0 fully saturated rings. The summed E-state index contributed by atoms with van der Waals surface area (Å²) >= 11 is 7.02. The zero-order valence-electron chi connectivity index (χ0n) is 13.8. The Hall–Kier alpha value is -2.71. The van der Waals surface area contributed by atoms with Gasteiger partial charge in [0.1, 0.15) is 5.75 Å². The molecule has 0 radical (unpaired) electrons. The van der Waals surface area contributed by atoms with Crippen LogP contribution in [0.25, 0.3) is 11.4 Å². The number of nitrogen functional groups attached to an aromatic ring is 1. The van der Waals surface area contributed by atoms with Crippen molar-refractivity contribution in [1.82, 2.24) is 14.9 Å². The SMILES string of the molecule is COc1ccccc1-c1nnc(SCC(=O)Nc2ccc(Cl)cc2)n1N. The van der Waals surface area contributed by atoms with Crippen LogP contribution in [0.3, 0.4) is 0 Å². The number of carbonyl (C=O) groups excluding carboxylic acids is 1. The minimum atomic E-state index is -0.181. The van der Waals surface area contributed by atoms with Gasteiger partial charge in [0.2, 0.25) is 11.1 Å². The quantitative estimate of drug-likeness (QED) is 0.497. The molecular weight excluding hydrogens is 374 g/mol. The Labute approximate surface area is 159 Å². The van der Waals surface area contributed by atoms with Crippen LogP contribution in [-0.4, -0.2) is 33.6 Å². The van der Waals surface area contributed by atoms with Crippen molar-refractivity contribution in [3.8, 4) is 17.1 Å². The van der Waals surface area contributed by atoms with E-state index in [9.17, 15) is 4.79 Å². The molecule has 0 aliphatic heterocycles. The minimum Gasteiger partial charge on any atom is -0.496 e. The number of hydrogen-bond acceptors (Lipinski definition) is 6. The number of nitrogens with zero attached hydrogens (tertiary/aromatic N) is 3. The van der Waals surface area contributed by atoms with E-state index in [1.807, 2.05) is 24.3 Å². The number of halogens is 1. The van der Waals surface area contributed by atoms with Crippen LogP contribution in [0, 0.1) is 0 Å². The molecular formula is C17H16ClN5O2S. The molecule has 3 rings (SSSR count). The first-order chi connectivity index (χ1) is 12.6. The molecule has 0 spiro atoms. The van der Waals surface area contributed by atoms with Gasteiger partial charge in [-0.2, -0.15) is 0 Å². The maximum Gasteiger partial charge on any atom is 0.234 e. The second kappa shape index (κ2) is 8.11. The normalized spacial score (nSPS) is 10.5. The van der Waals surface area contributed by atoms with Gasteiger partial charge in [-0.3, -0.25) is 4.79 Å². The second-order valence-corrected chi connectivity index (χ2v) is 6.60. The van der Waals surface area contributed by atoms with E-state index in [0.29, 0.717) is 27.4 Å². The highest BCUT2D eigenvalue weighted by Crippen LogP contribution is 2.29. The Bertz CT molecular complexity index is 914. The Morgan fingerprint density at radius 1 is 1.23 bits per heavy atom. The molecule has 0 aliphatic rings. The Balaban J connectivity index is 1.67. The predicted octanol–water partition coefficient (Wildman–Crippen LogP) is 3.05. The number of nitrogens with one attached hydrogen (secondary N) is 1. The third kappa shape index (κ3) is 4.09. The van der Waals surface area contributed by atoms with Crippen LogP contribution in [0.2, 0.25) is 5.02 Å². The summed E-state index contributed by atoms with van der Waals surface area (Å²) in [5.74, 6) is 7.15. The van der Waals surface area contributed by atoms with Crippen molar-refractivity contribution in [3.63, 3.8) is 0 Å². The van der Waals surface area contributed by atoms with Gasteiger partial charge in [-0.15, -0.1) is 10.2 Å². The molecule has 1 heterocycles. The van der Waals surface area contributed by atoms with E-state index in [0.717, 1.165) is 5.56 Å². The molecule has 0 bridgehead atoms. The number of para-hydroxylation sites is 1. The fraction of sp³-hybridized carbons (Fsp3) is 0.118. The average Bonchev–Trinajstić information content (AvgIpc) is 3.02. The number of rotatable bonds is 6. The van der Waals surface area contributed by atoms with Gasteiger partial charge in [-0.05, 0) is 36.4 Å². The molecule has 2 aromatic carbocycles. The van der Waals surface area contributed by atoms with Crippen LogP contribution in [0.1, 0.15) is 0 Å². The van der Waals surface area contributed by atoms with Crippen molar-refractivity contribution >= 4 is 35.0 Å². The summed E-state index contributed by atoms with van der Waals surface area (Å²) in [6.07, 6.45) is 0. The summed E-state index contributed by atoms with van der Waals surface area (Å²) in [7, 11) is 1.58. The number of nitrogens with two attached hydrogens (primary N) is 1. The van der Waals surface area contributed by atoms with E-state index < -0.39 is 0 Å². The second-order valence-electron chi connectivity index (χ2n) is 5.22. The fourth-order valence-electron chi connectivity index (χ4n) is 2.25. The Morgan fingerprint density at radius 3 is 2.69 bits per heavy atom. The molecule has 0 atom stereocenters. The number of benzene rings is 2. The third-order valence-corrected chi connectivity index (χ3v) is 4.67. The number of aromatic nitrogens is 3. The lowest BCUT2D eigenvalue weighted by Crippen LogP contribution is -2.16. The standard InChI is InChI=1S/C17H16ClN5O2S/c1-25-14-5-3-2-4-13(14)16-21-22-17(23(16)19)26-10-15(24)20-12-8-6-11(18)7-9-12/h2-9H,10,19H2,1H3,(H,20,24). The van der Waals surface area contributed by atoms with Crippen LogP contribution in [0.5, 0.6) is 5.75 Å². The van der Waals surface area contributed by atoms with Gasteiger partial charge in [0.05, 0.1) is 18.4 Å². The molecule has 26 heavy (non-hydrogen) atoms. The number of amides is 1. The molecule has 0 unspecified atom stereocenters. The third-order valence-electron chi connectivity index (χ3n) is 3.47. The van der Waals surface area contributed by atoms with Crippen molar-refractivity contribution in [2.75, 3.05) is 24.0 Å². The van der Waals surface area contributed by atoms with Crippen molar-refractivity contribution in [2.45, 2.75) is 5.16 Å². The topological polar surface area (TPSA) is 95.1 Å². The van der Waals surface area contributed by atoms with Crippen molar-refractivity contribution in [1.29, 1.82) is 0 Å². The van der Waals surface area contributed by atoms with E-state index in [-0.39, 0.29) is 11.7 Å². The maximum absolute atomic E-state index is 12.1. The summed E-state index contributed by atoms with van der Waals surface area (Å²) in [5, 5.41) is 12.0. The number of methoxy groups -OCH3 is 1. The lowest BCUT2D eigenvalue weighted by molar-refractivity contribution is -0.113. The highest BCUT2D eigenvalue weighted by atomic mass is 35.5. The highest BCUT2D eigenvalue weighted by Gasteiger charge is 2.16. The molecule has 1 aromatic heterocycles. The van der Waals surface area contributed by atoms with E-state index >= 15 is 0 Å². The van der Waals surface area contributed by atoms with Crippen molar-refractivity contribution < 1.29 is 9.53 Å². The van der Waals surface area contributed by atoms with Gasteiger partial charge < -0.3 is 15.9 Å². The summed E-state index contributed by atoms with van der Waals surface area (Å²) in [5.41, 5.74) is 1.39. The largest absolute Gasteiger partial charge is 0.496 e. The van der Waals surface area contributed by atoms with Crippen LogP contribution in [-0.2, 0) is 4.79 Å². The molecule has 0 saturated heterocycles. The average molecular weight is 390 g/mol. The monoisotopic (exact) mass is 389 g/mol. The lowest BCUT2D eigenvalue weighted by atomic mass is 10.2. The number of anilines is 1. The van der Waals surface area contributed by atoms with E-state index in [1.54, 1.807) is 31.4 Å². The van der Waals surface area contributed by atoms with Crippen molar-refractivity contribution in [2.24, 2.45) is 0 Å². The number of ether oxygens (including phenoxy) is 1. The van der Waals surface area contributed by atoms with Gasteiger partial charge >= 0.3 is 0 Å². The van der Waals surface area contributed by atoms with E-state index in [1.165, 1.54) is 16.4 Å². The lowest BCUT2D eigenvalue weighted by Gasteiger charge is -2.08. The molecule has 7 nitrogen and oxygen atoms in total. The molecule has 3 N–H and O–H groups in total. The number of thioether (sulfide) groups is 1. The summed E-state index contributed by atoms with van der Waals surface area (Å²) in [6, 6.07) is 14.3. The maximum atomic E-state index is 12.1. The molecule has 3 aromatic rings. The zero-order chi connectivity index (χ0) is 18.5. The number of carbonyl (C=O) groups is 1. The van der Waals surface area contributed by atoms with Gasteiger partial charge in [-0.25, -0.2) is 4.68 Å².